The van der Waals surface area contributed by atoms with Crippen molar-refractivity contribution in [2.75, 3.05) is 25.6 Å². The predicted octanol–water partition coefficient (Wildman–Crippen LogP) is 3.80. The number of hydrogen-bond donors (Lipinski definition) is 2. The Bertz CT molecular complexity index is 1100. The van der Waals surface area contributed by atoms with E-state index in [1.54, 1.807) is 55.6 Å². The van der Waals surface area contributed by atoms with E-state index in [4.69, 9.17) is 20.6 Å². The van der Waals surface area contributed by atoms with Crippen molar-refractivity contribution in [1.82, 2.24) is 5.32 Å². The Morgan fingerprint density at radius 1 is 0.818 bits per heavy atom. The summed E-state index contributed by atoms with van der Waals surface area (Å²) in [4.78, 5) is 24.2. The molecule has 0 bridgehead atoms. The topological polar surface area (TPSA) is 85.9 Å². The molecule has 0 unspecified atom stereocenters. The molecule has 0 saturated carbocycles. The zero-order valence-corrected chi connectivity index (χ0v) is 18.2. The number of hydrogen-bond acceptors (Lipinski definition) is 5. The van der Waals surface area contributed by atoms with Gasteiger partial charge in [-0.2, -0.15) is 0 Å². The van der Waals surface area contributed by atoms with Crippen molar-refractivity contribution in [1.29, 1.82) is 0 Å². The Morgan fingerprint density at radius 2 is 1.39 bits per heavy atom. The van der Waals surface area contributed by atoms with E-state index in [1.165, 1.54) is 0 Å². The number of carbonyl (C=O) groups is 2. The molecule has 0 atom stereocenters. The number of methoxy groups -OCH3 is 1. The highest BCUT2D eigenvalue weighted by Crippen LogP contribution is 2.25. The van der Waals surface area contributed by atoms with Crippen molar-refractivity contribution in [2.24, 2.45) is 0 Å². The van der Waals surface area contributed by atoms with Crippen LogP contribution < -0.4 is 24.8 Å². The fourth-order valence-electron chi connectivity index (χ4n) is 2.85. The summed E-state index contributed by atoms with van der Waals surface area (Å²) >= 11 is 0. The van der Waals surface area contributed by atoms with Crippen LogP contribution in [0.15, 0.2) is 72.8 Å². The van der Waals surface area contributed by atoms with Gasteiger partial charge in [0.25, 0.3) is 0 Å². The van der Waals surface area contributed by atoms with E-state index in [9.17, 15) is 9.59 Å². The molecule has 0 saturated heterocycles. The number of benzene rings is 3. The van der Waals surface area contributed by atoms with Gasteiger partial charge in [0.1, 0.15) is 29.6 Å². The van der Waals surface area contributed by atoms with Gasteiger partial charge < -0.3 is 24.8 Å². The molecule has 7 nitrogen and oxygen atoms in total. The van der Waals surface area contributed by atoms with Crippen LogP contribution >= 0.6 is 0 Å². The minimum atomic E-state index is -0.735. The van der Waals surface area contributed by atoms with Crippen LogP contribution in [-0.4, -0.2) is 32.1 Å². The zero-order chi connectivity index (χ0) is 23.5. The Balaban J connectivity index is 1.44. The Kier molecular flexibility index (Phi) is 8.32. The number of ether oxygens (including phenoxy) is 3. The van der Waals surface area contributed by atoms with E-state index >= 15 is 0 Å². The molecule has 2 N–H and O–H groups in total. The maximum absolute atomic E-state index is 12.1. The summed E-state index contributed by atoms with van der Waals surface area (Å²) in [6.07, 6.45) is 5.77. The summed E-state index contributed by atoms with van der Waals surface area (Å²) in [5.41, 5.74) is 1.51. The molecule has 3 aromatic carbocycles. The first-order chi connectivity index (χ1) is 16.1. The smallest absolute Gasteiger partial charge is 0.313 e. The van der Waals surface area contributed by atoms with E-state index < -0.39 is 11.8 Å². The molecule has 0 radical (unpaired) electrons. The lowest BCUT2D eigenvalue weighted by atomic mass is 10.1. The first kappa shape index (κ1) is 23.2. The van der Waals surface area contributed by atoms with Crippen LogP contribution in [0.2, 0.25) is 0 Å². The zero-order valence-electron chi connectivity index (χ0n) is 18.2. The molecule has 0 aliphatic rings. The van der Waals surface area contributed by atoms with Crippen LogP contribution in [-0.2, 0) is 16.0 Å². The number of rotatable bonds is 9. The van der Waals surface area contributed by atoms with Crippen LogP contribution in [0.25, 0.3) is 0 Å². The maximum Gasteiger partial charge on any atom is 0.313 e. The van der Waals surface area contributed by atoms with Gasteiger partial charge in [-0.05, 0) is 72.6 Å². The van der Waals surface area contributed by atoms with Gasteiger partial charge in [0.15, 0.2) is 0 Å². The second-order valence-corrected chi connectivity index (χ2v) is 6.90. The first-order valence-corrected chi connectivity index (χ1v) is 10.2. The van der Waals surface area contributed by atoms with E-state index in [-0.39, 0.29) is 6.61 Å². The van der Waals surface area contributed by atoms with Crippen LogP contribution in [0.4, 0.5) is 5.69 Å². The lowest BCUT2D eigenvalue weighted by Gasteiger charge is -2.09. The summed E-state index contributed by atoms with van der Waals surface area (Å²) in [6, 6.07) is 21.3. The number of amides is 2. The molecule has 0 aromatic heterocycles. The second kappa shape index (κ2) is 11.8. The molecule has 3 aromatic rings. The predicted molar refractivity (Wildman–Crippen MR) is 126 cm³/mol. The van der Waals surface area contributed by atoms with Crippen molar-refractivity contribution in [3.63, 3.8) is 0 Å². The quantitative estimate of drug-likeness (QED) is 0.387. The fourth-order valence-corrected chi connectivity index (χ4v) is 2.85. The van der Waals surface area contributed by atoms with Crippen molar-refractivity contribution >= 4 is 17.5 Å². The third-order valence-corrected chi connectivity index (χ3v) is 4.56. The lowest BCUT2D eigenvalue weighted by Crippen LogP contribution is -2.36. The highest BCUT2D eigenvalue weighted by atomic mass is 16.5. The highest BCUT2D eigenvalue weighted by Gasteiger charge is 2.13. The Hall–Kier alpha value is -4.44. The number of terminal acetylenes is 1. The van der Waals surface area contributed by atoms with Gasteiger partial charge >= 0.3 is 11.8 Å². The van der Waals surface area contributed by atoms with Gasteiger partial charge in [-0.1, -0.05) is 18.1 Å². The first-order valence-electron chi connectivity index (χ1n) is 10.2. The number of carbonyl (C=O) groups excluding carboxylic acids is 2. The second-order valence-electron chi connectivity index (χ2n) is 6.90. The molecule has 2 amide bonds. The normalized spacial score (nSPS) is 9.94. The average molecular weight is 444 g/mol. The van der Waals surface area contributed by atoms with Crippen molar-refractivity contribution in [3.8, 4) is 35.3 Å². The molecule has 7 heteroatoms. The molecule has 0 aliphatic carbocycles. The summed E-state index contributed by atoms with van der Waals surface area (Å²) in [6.45, 7) is 0.548. The SMILES string of the molecule is C#CCOc1ccc(Oc2ccc(NC(=O)C(=O)NCCc3ccc(OC)cc3)cc2)cc1. The minimum absolute atomic E-state index is 0.202. The third-order valence-electron chi connectivity index (χ3n) is 4.56. The van der Waals surface area contributed by atoms with E-state index in [2.05, 4.69) is 16.6 Å². The third kappa shape index (κ3) is 7.33. The van der Waals surface area contributed by atoms with Crippen molar-refractivity contribution in [2.45, 2.75) is 6.42 Å². The van der Waals surface area contributed by atoms with Crippen LogP contribution in [0.1, 0.15) is 5.56 Å². The lowest BCUT2D eigenvalue weighted by molar-refractivity contribution is -0.136. The van der Waals surface area contributed by atoms with Crippen molar-refractivity contribution < 1.29 is 23.8 Å². The van der Waals surface area contributed by atoms with Gasteiger partial charge in [0.2, 0.25) is 0 Å². The minimum Gasteiger partial charge on any atom is -0.497 e. The monoisotopic (exact) mass is 444 g/mol. The van der Waals surface area contributed by atoms with Crippen LogP contribution in [0.5, 0.6) is 23.0 Å². The molecule has 0 fully saturated rings. The Morgan fingerprint density at radius 3 is 2.00 bits per heavy atom. The number of nitrogens with one attached hydrogen (secondary N) is 2. The Labute approximate surface area is 192 Å². The molecule has 33 heavy (non-hydrogen) atoms. The van der Waals surface area contributed by atoms with Gasteiger partial charge in [-0.15, -0.1) is 6.42 Å². The fraction of sp³-hybridized carbons (Fsp3) is 0.154. The molecule has 3 rings (SSSR count). The van der Waals surface area contributed by atoms with E-state index in [1.807, 2.05) is 24.3 Å². The summed E-state index contributed by atoms with van der Waals surface area (Å²) in [7, 11) is 1.60. The molecular weight excluding hydrogens is 420 g/mol. The average Bonchev–Trinajstić information content (AvgIpc) is 2.85. The highest BCUT2D eigenvalue weighted by molar-refractivity contribution is 6.39. The molecular formula is C26H24N2O5. The van der Waals surface area contributed by atoms with Gasteiger partial charge in [0.05, 0.1) is 7.11 Å². The van der Waals surface area contributed by atoms with Gasteiger partial charge in [-0.3, -0.25) is 9.59 Å². The molecule has 0 heterocycles. The van der Waals surface area contributed by atoms with E-state index in [0.29, 0.717) is 35.9 Å². The number of anilines is 1. The van der Waals surface area contributed by atoms with Gasteiger partial charge in [0, 0.05) is 12.2 Å². The molecule has 168 valence electrons. The maximum atomic E-state index is 12.1. The van der Waals surface area contributed by atoms with E-state index in [0.717, 1.165) is 11.3 Å². The summed E-state index contributed by atoms with van der Waals surface area (Å²) in [5.74, 6) is 3.59. The molecule has 0 aliphatic heterocycles. The standard InChI is InChI=1S/C26H24N2O5/c1-3-18-32-22-12-14-24(15-13-22)33-23-10-6-20(7-11-23)28-26(30)25(29)27-17-16-19-4-8-21(31-2)9-5-19/h1,4-15H,16-18H2,2H3,(H,27,29)(H,28,30). The van der Waals surface area contributed by atoms with Crippen molar-refractivity contribution in [3.05, 3.63) is 78.4 Å². The largest absolute Gasteiger partial charge is 0.497 e. The summed E-state index contributed by atoms with van der Waals surface area (Å²) in [5, 5.41) is 5.18. The summed E-state index contributed by atoms with van der Waals surface area (Å²) < 4.78 is 16.2. The molecule has 0 spiro atoms. The van der Waals surface area contributed by atoms with Gasteiger partial charge in [-0.25, -0.2) is 0 Å². The van der Waals surface area contributed by atoms with Crippen LogP contribution in [0.3, 0.4) is 0 Å². The van der Waals surface area contributed by atoms with Crippen LogP contribution in [0, 0.1) is 12.3 Å².